The zero-order chi connectivity index (χ0) is 33.5. The molecule has 0 atom stereocenters. The van der Waals surface area contributed by atoms with E-state index in [-0.39, 0.29) is 5.41 Å². The van der Waals surface area contributed by atoms with Crippen LogP contribution in [0.15, 0.2) is 109 Å². The van der Waals surface area contributed by atoms with Gasteiger partial charge in [0.2, 0.25) is 0 Å². The first-order chi connectivity index (χ1) is 23.2. The molecule has 6 aromatic carbocycles. The summed E-state index contributed by atoms with van der Waals surface area (Å²) in [5.41, 5.74) is 18.3. The SMILES string of the molecule is Bc1c(B)c(B)c(-c2cccc3c2c2c(C(C)(C)CC)c(-n4c5ccccc5c5ccccc54)ccc2n3-c2ccccc2)c(B)c1B. The third kappa shape index (κ3) is 4.26. The Labute approximate surface area is 288 Å². The first kappa shape index (κ1) is 30.6. The fourth-order valence-electron chi connectivity index (χ4n) is 8.34. The van der Waals surface area contributed by atoms with Crippen LogP contribution in [0, 0.1) is 0 Å². The Kier molecular flexibility index (Phi) is 7.11. The molecule has 0 fully saturated rings. The summed E-state index contributed by atoms with van der Waals surface area (Å²) in [7, 11) is 11.5. The normalized spacial score (nSPS) is 12.1. The summed E-state index contributed by atoms with van der Waals surface area (Å²) >= 11 is 0. The van der Waals surface area contributed by atoms with E-state index in [1.807, 2.05) is 0 Å². The molecule has 8 rings (SSSR count). The van der Waals surface area contributed by atoms with Gasteiger partial charge in [0.1, 0.15) is 39.2 Å². The molecule has 228 valence electrons. The van der Waals surface area contributed by atoms with Crippen LogP contribution in [0.25, 0.3) is 66.1 Å². The molecule has 2 nitrogen and oxygen atoms in total. The highest BCUT2D eigenvalue weighted by Crippen LogP contribution is 2.47. The molecule has 0 saturated carbocycles. The maximum absolute atomic E-state index is 2.53. The van der Waals surface area contributed by atoms with Gasteiger partial charge in [0.05, 0.1) is 27.8 Å². The van der Waals surface area contributed by atoms with Crippen LogP contribution < -0.4 is 27.3 Å². The number of para-hydroxylation sites is 3. The molecule has 48 heavy (non-hydrogen) atoms. The van der Waals surface area contributed by atoms with Crippen molar-refractivity contribution < 1.29 is 0 Å². The van der Waals surface area contributed by atoms with Gasteiger partial charge in [0, 0.05) is 27.2 Å². The summed E-state index contributed by atoms with van der Waals surface area (Å²) in [6, 6.07) is 40.4. The number of rotatable bonds is 5. The molecule has 8 aromatic rings. The highest BCUT2D eigenvalue weighted by molar-refractivity contribution is 6.69. The van der Waals surface area contributed by atoms with Crippen molar-refractivity contribution in [3.8, 4) is 22.5 Å². The topological polar surface area (TPSA) is 9.86 Å². The van der Waals surface area contributed by atoms with Gasteiger partial charge in [-0.15, -0.1) is 16.4 Å². The fourth-order valence-corrected chi connectivity index (χ4v) is 8.34. The Morgan fingerprint density at radius 3 is 1.62 bits per heavy atom. The molecule has 0 radical (unpaired) electrons. The van der Waals surface area contributed by atoms with Gasteiger partial charge in [-0.25, -0.2) is 0 Å². The predicted molar refractivity (Wildman–Crippen MR) is 225 cm³/mol. The minimum absolute atomic E-state index is 0.118. The third-order valence-corrected chi connectivity index (χ3v) is 11.6. The monoisotopic (exact) mass is 614 g/mol. The molecule has 0 spiro atoms. The largest absolute Gasteiger partial charge is 0.309 e. The van der Waals surface area contributed by atoms with Crippen LogP contribution in [0.5, 0.6) is 0 Å². The molecular formula is C41H39B5N2. The van der Waals surface area contributed by atoms with Crippen LogP contribution in [0.2, 0.25) is 0 Å². The van der Waals surface area contributed by atoms with Crippen LogP contribution in [0.1, 0.15) is 32.8 Å². The van der Waals surface area contributed by atoms with Crippen molar-refractivity contribution in [1.29, 1.82) is 0 Å². The maximum atomic E-state index is 2.53. The van der Waals surface area contributed by atoms with Crippen LogP contribution in [-0.2, 0) is 5.41 Å². The van der Waals surface area contributed by atoms with Gasteiger partial charge in [-0.05, 0) is 71.0 Å². The Balaban J connectivity index is 1.64. The lowest BCUT2D eigenvalue weighted by Crippen LogP contribution is -2.55. The van der Waals surface area contributed by atoms with Crippen LogP contribution in [0.3, 0.4) is 0 Å². The van der Waals surface area contributed by atoms with Gasteiger partial charge in [-0.1, -0.05) is 98.4 Å². The molecule has 7 heteroatoms. The molecular weight excluding hydrogens is 575 g/mol. The average molecular weight is 614 g/mol. The lowest BCUT2D eigenvalue weighted by molar-refractivity contribution is 0.509. The first-order valence-corrected chi connectivity index (χ1v) is 17.4. The highest BCUT2D eigenvalue weighted by atomic mass is 15.0. The molecule has 0 N–H and O–H groups in total. The van der Waals surface area contributed by atoms with Crippen LogP contribution in [0.4, 0.5) is 0 Å². The van der Waals surface area contributed by atoms with E-state index in [1.165, 1.54) is 99.0 Å². The van der Waals surface area contributed by atoms with Gasteiger partial charge in [0.15, 0.2) is 0 Å². The molecule has 0 aliphatic heterocycles. The van der Waals surface area contributed by atoms with E-state index in [0.29, 0.717) is 0 Å². The Bertz CT molecular complexity index is 2490. The van der Waals surface area contributed by atoms with E-state index in [4.69, 9.17) is 0 Å². The van der Waals surface area contributed by atoms with Gasteiger partial charge in [-0.2, -0.15) is 0 Å². The predicted octanol–water partition coefficient (Wildman–Crippen LogP) is 2.53. The zero-order valence-corrected chi connectivity index (χ0v) is 29.5. The lowest BCUT2D eigenvalue weighted by Gasteiger charge is -2.29. The lowest BCUT2D eigenvalue weighted by atomic mass is 9.59. The molecule has 2 heterocycles. The van der Waals surface area contributed by atoms with Crippen molar-refractivity contribution in [3.05, 3.63) is 115 Å². The maximum Gasteiger partial charge on any atom is 0.139 e. The quantitative estimate of drug-likeness (QED) is 0.264. The average Bonchev–Trinajstić information content (AvgIpc) is 3.63. The molecule has 0 unspecified atom stereocenters. The second kappa shape index (κ2) is 11.2. The number of hydrogen-bond acceptors (Lipinski definition) is 0. The van der Waals surface area contributed by atoms with Gasteiger partial charge in [-0.3, -0.25) is 0 Å². The molecule has 0 saturated heterocycles. The molecule has 0 amide bonds. The summed E-state index contributed by atoms with van der Waals surface area (Å²) in [5, 5.41) is 5.27. The first-order valence-electron chi connectivity index (χ1n) is 17.4. The number of benzene rings is 6. The third-order valence-electron chi connectivity index (χ3n) is 11.6. The van der Waals surface area contributed by atoms with Gasteiger partial charge >= 0.3 is 0 Å². The Morgan fingerprint density at radius 2 is 1.02 bits per heavy atom. The summed E-state index contributed by atoms with van der Waals surface area (Å²) in [5.74, 6) is 0. The number of aromatic nitrogens is 2. The smallest absolute Gasteiger partial charge is 0.139 e. The van der Waals surface area contributed by atoms with Gasteiger partial charge in [0.25, 0.3) is 0 Å². The molecule has 2 aromatic heterocycles. The minimum atomic E-state index is -0.118. The van der Waals surface area contributed by atoms with Crippen molar-refractivity contribution in [2.24, 2.45) is 0 Å². The second-order valence-electron chi connectivity index (χ2n) is 14.3. The van der Waals surface area contributed by atoms with E-state index in [1.54, 1.807) is 0 Å². The summed E-state index contributed by atoms with van der Waals surface area (Å²) < 4.78 is 5.03. The van der Waals surface area contributed by atoms with Crippen molar-refractivity contribution >= 4 is 110 Å². The number of fused-ring (bicyclic) bond motifs is 6. The Hall–Kier alpha value is -4.76. The number of nitrogens with zero attached hydrogens (tertiary/aromatic N) is 2. The molecule has 0 aliphatic rings. The minimum Gasteiger partial charge on any atom is -0.309 e. The van der Waals surface area contributed by atoms with Gasteiger partial charge < -0.3 is 9.13 Å². The van der Waals surface area contributed by atoms with Crippen molar-refractivity contribution in [2.75, 3.05) is 0 Å². The van der Waals surface area contributed by atoms with E-state index in [0.717, 1.165) is 6.42 Å². The van der Waals surface area contributed by atoms with Crippen LogP contribution >= 0.6 is 0 Å². The van der Waals surface area contributed by atoms with Crippen molar-refractivity contribution in [2.45, 2.75) is 32.6 Å². The molecule has 0 bridgehead atoms. The van der Waals surface area contributed by atoms with Crippen molar-refractivity contribution in [3.63, 3.8) is 0 Å². The summed E-state index contributed by atoms with van der Waals surface area (Å²) in [4.78, 5) is 0. The van der Waals surface area contributed by atoms with Crippen LogP contribution in [-0.4, -0.2) is 48.4 Å². The van der Waals surface area contributed by atoms with E-state index in [9.17, 15) is 0 Å². The standard InChI is InChI=1S/C41H39B5N2/c1-4-41(2,3)35-31(48-27-18-10-8-15-24(27)25-16-9-11-19-28(25)48)22-21-30-34(35)32-26(33-36(42)38(44)40(46)39(45)37(33)43)17-12-20-29(32)47(30)23-13-6-5-7-14-23/h5-22H,4,42-46H2,1-3H3. The van der Waals surface area contributed by atoms with Crippen molar-refractivity contribution in [1.82, 2.24) is 9.13 Å². The fraction of sp³-hybridized carbons (Fsp3) is 0.122. The second-order valence-corrected chi connectivity index (χ2v) is 14.3. The molecule has 0 aliphatic carbocycles. The van der Waals surface area contributed by atoms with E-state index in [2.05, 4.69) is 178 Å². The van der Waals surface area contributed by atoms with E-state index < -0.39 is 0 Å². The zero-order valence-electron chi connectivity index (χ0n) is 29.5. The Morgan fingerprint density at radius 1 is 0.500 bits per heavy atom. The summed E-state index contributed by atoms with van der Waals surface area (Å²) in [6.07, 6.45) is 1.01. The highest BCUT2D eigenvalue weighted by Gasteiger charge is 2.31. The summed E-state index contributed by atoms with van der Waals surface area (Å²) in [6.45, 7) is 7.21. The van der Waals surface area contributed by atoms with E-state index >= 15 is 0 Å². The number of hydrogen-bond donors (Lipinski definition) is 0.